The summed E-state index contributed by atoms with van der Waals surface area (Å²) >= 11 is 0. The van der Waals surface area contributed by atoms with E-state index in [4.69, 9.17) is 4.74 Å². The molecule has 6 heteroatoms. The summed E-state index contributed by atoms with van der Waals surface area (Å²) in [5.41, 5.74) is 5.00. The summed E-state index contributed by atoms with van der Waals surface area (Å²) in [5, 5.41) is 6.48. The molecule has 0 heterocycles. The molecule has 0 aliphatic heterocycles. The minimum Gasteiger partial charge on any atom is -0.489 e. The highest BCUT2D eigenvalue weighted by molar-refractivity contribution is 6.35. The molecule has 0 fully saturated rings. The highest BCUT2D eigenvalue weighted by Crippen LogP contribution is 2.13. The number of rotatable bonds is 7. The molecule has 3 rings (SSSR count). The lowest BCUT2D eigenvalue weighted by molar-refractivity contribution is -0.139. The van der Waals surface area contributed by atoms with Crippen molar-refractivity contribution in [3.05, 3.63) is 102 Å². The van der Waals surface area contributed by atoms with Gasteiger partial charge < -0.3 is 10.1 Å². The number of carbonyl (C=O) groups excluding carboxylic acids is 2. The number of carbonyl (C=O) groups is 2. The van der Waals surface area contributed by atoms with Gasteiger partial charge in [-0.1, -0.05) is 60.7 Å². The van der Waals surface area contributed by atoms with Gasteiger partial charge >= 0.3 is 11.8 Å². The lowest BCUT2D eigenvalue weighted by atomic mass is 10.1. The van der Waals surface area contributed by atoms with Gasteiger partial charge in [0.1, 0.15) is 12.4 Å². The molecule has 0 aliphatic rings. The minimum absolute atomic E-state index is 0.281. The number of ether oxygens (including phenoxy) is 1. The Kier molecular flexibility index (Phi) is 7.33. The van der Waals surface area contributed by atoms with E-state index in [1.807, 2.05) is 91.9 Å². The van der Waals surface area contributed by atoms with Gasteiger partial charge in [-0.15, -0.1) is 0 Å². The maximum absolute atomic E-state index is 12.0. The van der Waals surface area contributed by atoms with E-state index in [1.54, 1.807) is 0 Å². The van der Waals surface area contributed by atoms with Gasteiger partial charge in [-0.05, 0) is 47.9 Å². The highest BCUT2D eigenvalue weighted by atomic mass is 16.5. The van der Waals surface area contributed by atoms with Crippen LogP contribution < -0.4 is 15.5 Å². The zero-order valence-corrected chi connectivity index (χ0v) is 16.6. The Morgan fingerprint density at radius 3 is 2.20 bits per heavy atom. The molecule has 0 aliphatic carbocycles. The topological polar surface area (TPSA) is 79.8 Å². The molecule has 0 radical (unpaired) electrons. The van der Waals surface area contributed by atoms with Gasteiger partial charge in [0.05, 0.1) is 12.3 Å². The monoisotopic (exact) mass is 401 g/mol. The van der Waals surface area contributed by atoms with Gasteiger partial charge in [0, 0.05) is 0 Å². The normalized spacial score (nSPS) is 11.6. The first-order chi connectivity index (χ1) is 14.6. The first-order valence-electron chi connectivity index (χ1n) is 9.57. The van der Waals surface area contributed by atoms with Gasteiger partial charge in [-0.2, -0.15) is 5.10 Å². The number of hydrazone groups is 1. The van der Waals surface area contributed by atoms with Crippen molar-refractivity contribution in [2.45, 2.75) is 19.6 Å². The van der Waals surface area contributed by atoms with Crippen molar-refractivity contribution in [2.24, 2.45) is 5.10 Å². The number of amides is 2. The molecule has 0 bridgehead atoms. The van der Waals surface area contributed by atoms with Crippen molar-refractivity contribution in [3.8, 4) is 5.75 Å². The molecule has 3 aromatic carbocycles. The average Bonchev–Trinajstić information content (AvgIpc) is 2.79. The van der Waals surface area contributed by atoms with Crippen LogP contribution in [0.4, 0.5) is 0 Å². The van der Waals surface area contributed by atoms with Crippen molar-refractivity contribution in [1.82, 2.24) is 10.7 Å². The minimum atomic E-state index is -0.822. The van der Waals surface area contributed by atoms with Gasteiger partial charge in [0.25, 0.3) is 0 Å². The smallest absolute Gasteiger partial charge is 0.329 e. The maximum atomic E-state index is 12.0. The molecular formula is C24H23N3O3. The number of nitrogens with one attached hydrogen (secondary N) is 2. The van der Waals surface area contributed by atoms with Crippen molar-refractivity contribution in [1.29, 1.82) is 0 Å². The largest absolute Gasteiger partial charge is 0.489 e. The van der Waals surface area contributed by atoms with Crippen molar-refractivity contribution in [3.63, 3.8) is 0 Å². The van der Waals surface area contributed by atoms with Crippen LogP contribution in [0.3, 0.4) is 0 Å². The van der Waals surface area contributed by atoms with E-state index in [0.717, 1.165) is 22.4 Å². The lowest BCUT2D eigenvalue weighted by Gasteiger charge is -2.13. The second kappa shape index (κ2) is 10.6. The van der Waals surface area contributed by atoms with Crippen LogP contribution in [-0.4, -0.2) is 18.0 Å². The maximum Gasteiger partial charge on any atom is 0.329 e. The Balaban J connectivity index is 1.45. The van der Waals surface area contributed by atoms with Crippen LogP contribution in [0.1, 0.15) is 29.7 Å². The predicted octanol–water partition coefficient (Wildman–Crippen LogP) is 3.59. The van der Waals surface area contributed by atoms with Crippen LogP contribution in [0.5, 0.6) is 5.75 Å². The standard InChI is InChI=1S/C24H23N3O3/c1-18(21-10-6-3-7-11-21)26-23(28)24(29)27-25-16-19-12-14-22(15-13-19)30-17-20-8-4-2-5-9-20/h2-16,18H,17H2,1H3,(H,26,28)(H,27,29)/b25-16+/t18-/m0/s1. The average molecular weight is 401 g/mol. The summed E-state index contributed by atoms with van der Waals surface area (Å²) in [6.07, 6.45) is 1.47. The van der Waals surface area contributed by atoms with Crippen molar-refractivity contribution in [2.75, 3.05) is 0 Å². The molecule has 3 aromatic rings. The summed E-state index contributed by atoms with van der Waals surface area (Å²) in [4.78, 5) is 23.9. The second-order valence-corrected chi connectivity index (χ2v) is 6.65. The third-order valence-electron chi connectivity index (χ3n) is 4.36. The van der Waals surface area contributed by atoms with Crippen LogP contribution in [0.25, 0.3) is 0 Å². The SMILES string of the molecule is C[C@H](NC(=O)C(=O)N/N=C/c1ccc(OCc2ccccc2)cc1)c1ccccc1. The Morgan fingerprint density at radius 2 is 1.53 bits per heavy atom. The molecule has 0 saturated heterocycles. The van der Waals surface area contributed by atoms with Crippen molar-refractivity contribution >= 4 is 18.0 Å². The second-order valence-electron chi connectivity index (χ2n) is 6.65. The third-order valence-corrected chi connectivity index (χ3v) is 4.36. The zero-order chi connectivity index (χ0) is 21.2. The number of hydrogen-bond acceptors (Lipinski definition) is 4. The number of benzene rings is 3. The van der Waals surface area contributed by atoms with E-state index in [0.29, 0.717) is 6.61 Å². The predicted molar refractivity (Wildman–Crippen MR) is 116 cm³/mol. The number of hydrogen-bond donors (Lipinski definition) is 2. The summed E-state index contributed by atoms with van der Waals surface area (Å²) < 4.78 is 5.73. The molecule has 2 N–H and O–H groups in total. The molecule has 152 valence electrons. The number of nitrogens with zero attached hydrogens (tertiary/aromatic N) is 1. The molecule has 30 heavy (non-hydrogen) atoms. The molecule has 0 aromatic heterocycles. The van der Waals surface area contributed by atoms with Crippen molar-refractivity contribution < 1.29 is 14.3 Å². The molecule has 0 unspecified atom stereocenters. The first-order valence-corrected chi connectivity index (χ1v) is 9.57. The Morgan fingerprint density at radius 1 is 0.900 bits per heavy atom. The van der Waals surface area contributed by atoms with E-state index in [9.17, 15) is 9.59 Å². The van der Waals surface area contributed by atoms with E-state index in [2.05, 4.69) is 15.8 Å². The molecule has 6 nitrogen and oxygen atoms in total. The zero-order valence-electron chi connectivity index (χ0n) is 16.6. The fourth-order valence-corrected chi connectivity index (χ4v) is 2.69. The summed E-state index contributed by atoms with van der Waals surface area (Å²) in [7, 11) is 0. The van der Waals surface area contributed by atoms with Gasteiger partial charge in [-0.25, -0.2) is 5.43 Å². The Bertz CT molecular complexity index is 987. The van der Waals surface area contributed by atoms with Gasteiger partial charge in [0.15, 0.2) is 0 Å². The summed E-state index contributed by atoms with van der Waals surface area (Å²) in [5.74, 6) is -0.834. The van der Waals surface area contributed by atoms with Crippen LogP contribution >= 0.6 is 0 Å². The van der Waals surface area contributed by atoms with E-state index < -0.39 is 11.8 Å². The fraction of sp³-hybridized carbons (Fsp3) is 0.125. The highest BCUT2D eigenvalue weighted by Gasteiger charge is 2.16. The van der Waals surface area contributed by atoms with E-state index in [-0.39, 0.29) is 6.04 Å². The summed E-state index contributed by atoms with van der Waals surface area (Å²) in [6, 6.07) is 26.3. The third kappa shape index (κ3) is 6.31. The first kappa shape index (κ1) is 20.8. The van der Waals surface area contributed by atoms with Gasteiger partial charge in [0.2, 0.25) is 0 Å². The van der Waals surface area contributed by atoms with Crippen LogP contribution in [0.15, 0.2) is 90.0 Å². The van der Waals surface area contributed by atoms with Gasteiger partial charge in [-0.3, -0.25) is 9.59 Å². The molecular weight excluding hydrogens is 378 g/mol. The quantitative estimate of drug-likeness (QED) is 0.361. The van der Waals surface area contributed by atoms with E-state index in [1.165, 1.54) is 6.21 Å². The fourth-order valence-electron chi connectivity index (χ4n) is 2.69. The molecule has 2 amide bonds. The molecule has 1 atom stereocenters. The van der Waals surface area contributed by atoms with Crippen LogP contribution in [0.2, 0.25) is 0 Å². The molecule has 0 spiro atoms. The Hall–Kier alpha value is -3.93. The van der Waals surface area contributed by atoms with Crippen LogP contribution in [-0.2, 0) is 16.2 Å². The summed E-state index contributed by atoms with van der Waals surface area (Å²) in [6.45, 7) is 2.30. The van der Waals surface area contributed by atoms with Crippen LogP contribution in [0, 0.1) is 0 Å². The Labute approximate surface area is 175 Å². The lowest BCUT2D eigenvalue weighted by Crippen LogP contribution is -2.39. The molecule has 0 saturated carbocycles. The van der Waals surface area contributed by atoms with E-state index >= 15 is 0 Å².